The molecular weight excluding hydrogens is 448 g/mol. The molecule has 0 saturated heterocycles. The number of sulfone groups is 1. The summed E-state index contributed by atoms with van der Waals surface area (Å²) in [6.45, 7) is 2.47. The lowest BCUT2D eigenvalue weighted by atomic mass is 10.0. The predicted molar refractivity (Wildman–Crippen MR) is 121 cm³/mol. The van der Waals surface area contributed by atoms with Crippen molar-refractivity contribution in [1.29, 1.82) is 0 Å². The molecule has 8 heteroatoms. The van der Waals surface area contributed by atoms with Gasteiger partial charge in [-0.3, -0.25) is 4.79 Å². The predicted octanol–water partition coefficient (Wildman–Crippen LogP) is 4.63. The first kappa shape index (κ1) is 22.9. The largest absolute Gasteiger partial charge is 0.491 e. The summed E-state index contributed by atoms with van der Waals surface area (Å²) >= 11 is 0. The third-order valence-corrected chi connectivity index (χ3v) is 6.81. The van der Waals surface area contributed by atoms with Gasteiger partial charge in [0.25, 0.3) is 5.91 Å². The van der Waals surface area contributed by atoms with E-state index in [1.165, 1.54) is 18.2 Å². The molecule has 3 aromatic rings. The van der Waals surface area contributed by atoms with Crippen LogP contribution in [-0.2, 0) is 22.8 Å². The average molecular weight is 472 g/mol. The molecule has 0 bridgehead atoms. The Labute approximate surface area is 191 Å². The first-order chi connectivity index (χ1) is 15.7. The van der Waals surface area contributed by atoms with Crippen LogP contribution in [0.3, 0.4) is 0 Å². The third kappa shape index (κ3) is 4.61. The summed E-state index contributed by atoms with van der Waals surface area (Å²) in [4.78, 5) is 14.5. The molecule has 3 aromatic carbocycles. The van der Waals surface area contributed by atoms with Crippen molar-refractivity contribution in [2.45, 2.75) is 24.8 Å². The summed E-state index contributed by atoms with van der Waals surface area (Å²) in [5, 5.41) is 0. The Morgan fingerprint density at radius 3 is 2.39 bits per heavy atom. The molecule has 0 spiro atoms. The third-order valence-electron chi connectivity index (χ3n) is 5.70. The fraction of sp³-hybridized carbons (Fsp3) is 0.240. The molecule has 0 atom stereocenters. The first-order valence-electron chi connectivity index (χ1n) is 10.5. The highest BCUT2D eigenvalue weighted by atomic mass is 32.2. The standard InChI is InChI=1S/C25H23F2NO4S/c1-3-20-21(9-11-23(24(20)27)33(2,30)31)25(29)28-12-13-32-22-10-6-17(14-18(22)15-28)16-4-7-19(26)8-5-16/h4-11,14H,3,12-13,15H2,1-2H3. The molecule has 0 fully saturated rings. The van der Waals surface area contributed by atoms with Gasteiger partial charge in [0.05, 0.1) is 6.54 Å². The van der Waals surface area contributed by atoms with Gasteiger partial charge in [0.1, 0.15) is 28.9 Å². The molecular formula is C25H23F2NO4S. The maximum atomic E-state index is 14.9. The smallest absolute Gasteiger partial charge is 0.254 e. The van der Waals surface area contributed by atoms with Gasteiger partial charge < -0.3 is 9.64 Å². The van der Waals surface area contributed by atoms with Crippen molar-refractivity contribution in [2.24, 2.45) is 0 Å². The van der Waals surface area contributed by atoms with Crippen molar-refractivity contribution < 1.29 is 26.7 Å². The lowest BCUT2D eigenvalue weighted by Crippen LogP contribution is -2.33. The minimum atomic E-state index is -3.76. The van der Waals surface area contributed by atoms with Gasteiger partial charge in [-0.1, -0.05) is 25.1 Å². The Morgan fingerprint density at radius 1 is 1.03 bits per heavy atom. The van der Waals surface area contributed by atoms with Gasteiger partial charge in [-0.2, -0.15) is 0 Å². The van der Waals surface area contributed by atoms with Crippen LogP contribution in [0.25, 0.3) is 11.1 Å². The normalized spacial score (nSPS) is 13.8. The highest BCUT2D eigenvalue weighted by Crippen LogP contribution is 2.31. The van der Waals surface area contributed by atoms with E-state index in [2.05, 4.69) is 0 Å². The maximum absolute atomic E-state index is 14.9. The number of hydrogen-bond donors (Lipinski definition) is 0. The number of ether oxygens (including phenoxy) is 1. The highest BCUT2D eigenvalue weighted by molar-refractivity contribution is 7.90. The van der Waals surface area contributed by atoms with Gasteiger partial charge in [-0.05, 0) is 53.9 Å². The molecule has 1 aliphatic rings. The van der Waals surface area contributed by atoms with Crippen LogP contribution >= 0.6 is 0 Å². The van der Waals surface area contributed by atoms with Crippen molar-refractivity contribution in [2.75, 3.05) is 19.4 Å². The summed E-state index contributed by atoms with van der Waals surface area (Å²) in [7, 11) is -3.76. The molecule has 1 aliphatic heterocycles. The summed E-state index contributed by atoms with van der Waals surface area (Å²) < 4.78 is 57.8. The van der Waals surface area contributed by atoms with Crippen LogP contribution in [0, 0.1) is 11.6 Å². The van der Waals surface area contributed by atoms with Crippen LogP contribution in [0.2, 0.25) is 0 Å². The second kappa shape index (κ2) is 8.94. The number of halogens is 2. The minimum absolute atomic E-state index is 0.0772. The van der Waals surface area contributed by atoms with E-state index in [0.29, 0.717) is 5.75 Å². The molecule has 0 aliphatic carbocycles. The number of rotatable bonds is 4. The van der Waals surface area contributed by atoms with E-state index in [9.17, 15) is 22.0 Å². The van der Waals surface area contributed by atoms with E-state index < -0.39 is 26.5 Å². The highest BCUT2D eigenvalue weighted by Gasteiger charge is 2.27. The number of benzene rings is 3. The number of amides is 1. The molecule has 172 valence electrons. The molecule has 33 heavy (non-hydrogen) atoms. The summed E-state index contributed by atoms with van der Waals surface area (Å²) in [5.41, 5.74) is 2.67. The van der Waals surface area contributed by atoms with Gasteiger partial charge in [0.15, 0.2) is 9.84 Å². The number of carbonyl (C=O) groups is 1. The van der Waals surface area contributed by atoms with Crippen molar-refractivity contribution in [1.82, 2.24) is 4.90 Å². The van der Waals surface area contributed by atoms with Crippen LogP contribution < -0.4 is 4.74 Å². The second-order valence-electron chi connectivity index (χ2n) is 7.93. The number of hydrogen-bond acceptors (Lipinski definition) is 4. The van der Waals surface area contributed by atoms with Gasteiger partial charge in [-0.15, -0.1) is 0 Å². The average Bonchev–Trinajstić information content (AvgIpc) is 3.00. The topological polar surface area (TPSA) is 63.7 Å². The zero-order valence-electron chi connectivity index (χ0n) is 18.3. The fourth-order valence-electron chi connectivity index (χ4n) is 3.99. The van der Waals surface area contributed by atoms with E-state index in [1.54, 1.807) is 24.0 Å². The molecule has 4 rings (SSSR count). The second-order valence-corrected chi connectivity index (χ2v) is 9.92. The molecule has 1 heterocycles. The summed E-state index contributed by atoms with van der Waals surface area (Å²) in [5.74, 6) is -0.953. The van der Waals surface area contributed by atoms with Crippen molar-refractivity contribution in [3.8, 4) is 16.9 Å². The van der Waals surface area contributed by atoms with Gasteiger partial charge in [0.2, 0.25) is 0 Å². The van der Waals surface area contributed by atoms with Crippen LogP contribution in [0.5, 0.6) is 5.75 Å². The molecule has 0 aromatic heterocycles. The quantitative estimate of drug-likeness (QED) is 0.557. The van der Waals surface area contributed by atoms with E-state index in [-0.39, 0.29) is 43.1 Å². The van der Waals surface area contributed by atoms with Crippen LogP contribution in [-0.4, -0.2) is 38.6 Å². The SMILES string of the molecule is CCc1c(C(=O)N2CCOc3ccc(-c4ccc(F)cc4)cc3C2)ccc(S(C)(=O)=O)c1F. The Kier molecular flexibility index (Phi) is 6.21. The Bertz CT molecular complexity index is 1320. The zero-order chi connectivity index (χ0) is 23.8. The number of fused-ring (bicyclic) bond motifs is 1. The molecule has 0 N–H and O–H groups in total. The van der Waals surface area contributed by atoms with Crippen molar-refractivity contribution in [3.05, 3.63) is 82.9 Å². The first-order valence-corrected chi connectivity index (χ1v) is 12.4. The molecule has 0 radical (unpaired) electrons. The van der Waals surface area contributed by atoms with Crippen LogP contribution in [0.15, 0.2) is 59.5 Å². The van der Waals surface area contributed by atoms with Crippen LogP contribution in [0.4, 0.5) is 8.78 Å². The minimum Gasteiger partial charge on any atom is -0.491 e. The fourth-order valence-corrected chi connectivity index (χ4v) is 4.76. The molecule has 0 saturated carbocycles. The Morgan fingerprint density at radius 2 is 1.73 bits per heavy atom. The summed E-state index contributed by atoms with van der Waals surface area (Å²) in [6.07, 6.45) is 1.11. The van der Waals surface area contributed by atoms with Gasteiger partial charge in [-0.25, -0.2) is 17.2 Å². The van der Waals surface area contributed by atoms with E-state index in [1.807, 2.05) is 18.2 Å². The molecule has 0 unspecified atom stereocenters. The lowest BCUT2D eigenvalue weighted by Gasteiger charge is -2.22. The Hall–Kier alpha value is -3.26. The van der Waals surface area contributed by atoms with Gasteiger partial charge in [0, 0.05) is 29.5 Å². The van der Waals surface area contributed by atoms with Crippen molar-refractivity contribution >= 4 is 15.7 Å². The monoisotopic (exact) mass is 471 g/mol. The molecule has 5 nitrogen and oxygen atoms in total. The van der Waals surface area contributed by atoms with Crippen LogP contribution in [0.1, 0.15) is 28.4 Å². The van der Waals surface area contributed by atoms with E-state index >= 15 is 0 Å². The zero-order valence-corrected chi connectivity index (χ0v) is 19.1. The van der Waals surface area contributed by atoms with E-state index in [0.717, 1.165) is 29.0 Å². The van der Waals surface area contributed by atoms with Gasteiger partial charge >= 0.3 is 0 Å². The molecule has 1 amide bonds. The lowest BCUT2D eigenvalue weighted by molar-refractivity contribution is 0.0731. The maximum Gasteiger partial charge on any atom is 0.254 e. The van der Waals surface area contributed by atoms with E-state index in [4.69, 9.17) is 4.74 Å². The number of carbonyl (C=O) groups excluding carboxylic acids is 1. The van der Waals surface area contributed by atoms with Crippen molar-refractivity contribution in [3.63, 3.8) is 0 Å². The summed E-state index contributed by atoms with van der Waals surface area (Å²) in [6, 6.07) is 14.2. The Balaban J connectivity index is 1.68. The number of nitrogens with zero attached hydrogens (tertiary/aromatic N) is 1.